The van der Waals surface area contributed by atoms with Gasteiger partial charge in [-0.05, 0) is 41.8 Å². The molecule has 0 N–H and O–H groups in total. The molecule has 6 nitrogen and oxygen atoms in total. The molecule has 0 aliphatic carbocycles. The molecule has 0 bridgehead atoms. The van der Waals surface area contributed by atoms with E-state index in [-0.39, 0.29) is 17.9 Å². The molecule has 7 heteroatoms. The minimum atomic E-state index is -0.184. The minimum absolute atomic E-state index is 0.184. The molecule has 0 spiro atoms. The van der Waals surface area contributed by atoms with Crippen molar-refractivity contribution in [2.45, 2.75) is 18.1 Å². The van der Waals surface area contributed by atoms with Crippen LogP contribution in [0.3, 0.4) is 0 Å². The van der Waals surface area contributed by atoms with Gasteiger partial charge < -0.3 is 13.9 Å². The van der Waals surface area contributed by atoms with Crippen molar-refractivity contribution < 1.29 is 13.9 Å². The molecule has 6 rings (SSSR count). The summed E-state index contributed by atoms with van der Waals surface area (Å²) in [6.45, 7) is 0.578. The number of ether oxygens (including phenoxy) is 2. The lowest BCUT2D eigenvalue weighted by Gasteiger charge is -2.12. The molecule has 1 aliphatic heterocycles. The molecule has 1 aliphatic rings. The van der Waals surface area contributed by atoms with Crippen molar-refractivity contribution in [2.75, 3.05) is 12.5 Å². The van der Waals surface area contributed by atoms with Crippen LogP contribution < -0.4 is 15.0 Å². The van der Waals surface area contributed by atoms with E-state index in [1.807, 2.05) is 60.7 Å². The van der Waals surface area contributed by atoms with Gasteiger partial charge in [0.15, 0.2) is 16.7 Å². The first-order chi connectivity index (χ1) is 16.3. The largest absolute Gasteiger partial charge is 0.454 e. The van der Waals surface area contributed by atoms with Crippen molar-refractivity contribution in [3.63, 3.8) is 0 Å². The Morgan fingerprint density at radius 2 is 1.73 bits per heavy atom. The number of fused-ring (bicyclic) bond motifs is 4. The molecule has 5 aromatic rings. The Hall–Kier alpha value is -3.71. The van der Waals surface area contributed by atoms with Crippen LogP contribution in [0, 0.1) is 0 Å². The first-order valence-electron chi connectivity index (χ1n) is 10.7. The van der Waals surface area contributed by atoms with Crippen molar-refractivity contribution in [1.82, 2.24) is 9.55 Å². The van der Waals surface area contributed by atoms with Crippen molar-refractivity contribution >= 4 is 33.8 Å². The zero-order chi connectivity index (χ0) is 22.2. The number of aryl methyl sites for hydroxylation is 1. The Kier molecular flexibility index (Phi) is 5.03. The molecule has 0 atom stereocenters. The van der Waals surface area contributed by atoms with Gasteiger partial charge in [-0.2, -0.15) is 0 Å². The predicted octanol–water partition coefficient (Wildman–Crippen LogP) is 5.25. The second-order valence-corrected chi connectivity index (χ2v) is 8.90. The van der Waals surface area contributed by atoms with Gasteiger partial charge in [0.1, 0.15) is 11.1 Å². The van der Waals surface area contributed by atoms with Crippen LogP contribution in [0.1, 0.15) is 11.1 Å². The summed E-state index contributed by atoms with van der Waals surface area (Å²) in [5, 5.41) is 1.53. The zero-order valence-corrected chi connectivity index (χ0v) is 18.5. The fraction of sp³-hybridized carbons (Fsp3) is 0.154. The van der Waals surface area contributed by atoms with E-state index >= 15 is 0 Å². The van der Waals surface area contributed by atoms with Crippen LogP contribution in [0.25, 0.3) is 22.1 Å². The molecule has 2 aromatic heterocycles. The average molecular weight is 457 g/mol. The molecule has 0 unspecified atom stereocenters. The van der Waals surface area contributed by atoms with Crippen LogP contribution in [0.4, 0.5) is 0 Å². The number of hydrogen-bond donors (Lipinski definition) is 0. The highest BCUT2D eigenvalue weighted by molar-refractivity contribution is 7.99. The number of nitrogens with zero attached hydrogens (tertiary/aromatic N) is 2. The lowest BCUT2D eigenvalue weighted by Crippen LogP contribution is -2.23. The molecular weight excluding hydrogens is 436 g/mol. The van der Waals surface area contributed by atoms with Gasteiger partial charge in [-0.15, -0.1) is 0 Å². The highest BCUT2D eigenvalue weighted by Gasteiger charge is 2.19. The third kappa shape index (κ3) is 3.74. The van der Waals surface area contributed by atoms with E-state index in [0.717, 1.165) is 28.9 Å². The summed E-state index contributed by atoms with van der Waals surface area (Å²) in [5.41, 5.74) is 3.56. The number of hydrogen-bond acceptors (Lipinski definition) is 6. The summed E-state index contributed by atoms with van der Waals surface area (Å²) in [4.78, 5) is 18.5. The Balaban J connectivity index is 1.41. The van der Waals surface area contributed by atoms with E-state index in [1.165, 1.54) is 5.56 Å². The van der Waals surface area contributed by atoms with E-state index < -0.39 is 0 Å². The monoisotopic (exact) mass is 456 g/mol. The van der Waals surface area contributed by atoms with Crippen LogP contribution in [0.15, 0.2) is 87.2 Å². The normalized spacial score (nSPS) is 12.6. The number of thioether (sulfide) groups is 1. The average Bonchev–Trinajstić information content (AvgIpc) is 3.46. The van der Waals surface area contributed by atoms with Crippen LogP contribution in [0.5, 0.6) is 11.5 Å². The fourth-order valence-corrected chi connectivity index (χ4v) is 5.01. The van der Waals surface area contributed by atoms with Crippen molar-refractivity contribution in [3.8, 4) is 11.5 Å². The standard InChI is InChI=1S/C26H20N2O4S/c29-25-24-23(19-8-4-5-9-20(19)32-24)27-26(33-13-12-17-6-2-1-3-7-17)28(25)15-18-10-11-21-22(14-18)31-16-30-21/h1-11,14H,12-13,15-16H2. The van der Waals surface area contributed by atoms with Gasteiger partial charge in [0.2, 0.25) is 12.4 Å². The Labute approximate surface area is 193 Å². The SMILES string of the molecule is O=c1c2oc3ccccc3c2nc(SCCc2ccccc2)n1Cc1ccc2c(c1)OCO2. The Morgan fingerprint density at radius 1 is 0.909 bits per heavy atom. The quantitative estimate of drug-likeness (QED) is 0.257. The summed E-state index contributed by atoms with van der Waals surface area (Å²) < 4.78 is 18.5. The number of furan rings is 1. The first kappa shape index (κ1) is 19.9. The summed E-state index contributed by atoms with van der Waals surface area (Å²) >= 11 is 1.58. The van der Waals surface area contributed by atoms with Gasteiger partial charge in [-0.25, -0.2) is 4.98 Å². The topological polar surface area (TPSA) is 66.5 Å². The molecule has 0 saturated heterocycles. The third-order valence-corrected chi connectivity index (χ3v) is 6.67. The maximum absolute atomic E-state index is 13.6. The van der Waals surface area contributed by atoms with Gasteiger partial charge in [-0.1, -0.05) is 60.3 Å². The second kappa shape index (κ2) is 8.33. The van der Waals surface area contributed by atoms with E-state index in [9.17, 15) is 4.79 Å². The number of para-hydroxylation sites is 1. The lowest BCUT2D eigenvalue weighted by atomic mass is 10.2. The molecule has 0 radical (unpaired) electrons. The second-order valence-electron chi connectivity index (χ2n) is 7.83. The molecule has 33 heavy (non-hydrogen) atoms. The van der Waals surface area contributed by atoms with E-state index in [1.54, 1.807) is 16.3 Å². The van der Waals surface area contributed by atoms with Crippen molar-refractivity contribution in [2.24, 2.45) is 0 Å². The maximum Gasteiger partial charge on any atom is 0.298 e. The smallest absolute Gasteiger partial charge is 0.298 e. The highest BCUT2D eigenvalue weighted by Crippen LogP contribution is 2.33. The van der Waals surface area contributed by atoms with Crippen LogP contribution in [-0.4, -0.2) is 22.1 Å². The Morgan fingerprint density at radius 3 is 2.64 bits per heavy atom. The van der Waals surface area contributed by atoms with Crippen LogP contribution in [-0.2, 0) is 13.0 Å². The van der Waals surface area contributed by atoms with Gasteiger partial charge in [0.25, 0.3) is 5.56 Å². The predicted molar refractivity (Wildman–Crippen MR) is 128 cm³/mol. The molecule has 0 saturated carbocycles. The number of benzene rings is 3. The Bertz CT molecular complexity index is 1520. The zero-order valence-electron chi connectivity index (χ0n) is 17.7. The van der Waals surface area contributed by atoms with Crippen LogP contribution >= 0.6 is 11.8 Å². The van der Waals surface area contributed by atoms with Gasteiger partial charge >= 0.3 is 0 Å². The molecule has 0 amide bonds. The molecular formula is C26H20N2O4S. The third-order valence-electron chi connectivity index (χ3n) is 5.69. The van der Waals surface area contributed by atoms with Crippen molar-refractivity contribution in [3.05, 3.63) is 94.3 Å². The summed E-state index contributed by atoms with van der Waals surface area (Å²) in [5.74, 6) is 2.21. The summed E-state index contributed by atoms with van der Waals surface area (Å²) in [6, 6.07) is 23.7. The van der Waals surface area contributed by atoms with E-state index in [4.69, 9.17) is 18.9 Å². The first-order valence-corrected chi connectivity index (χ1v) is 11.7. The van der Waals surface area contributed by atoms with Crippen molar-refractivity contribution in [1.29, 1.82) is 0 Å². The van der Waals surface area contributed by atoms with Crippen LogP contribution in [0.2, 0.25) is 0 Å². The molecule has 0 fully saturated rings. The van der Waals surface area contributed by atoms with Gasteiger partial charge in [0.05, 0.1) is 6.54 Å². The van der Waals surface area contributed by atoms with Gasteiger partial charge in [0, 0.05) is 11.1 Å². The number of aromatic nitrogens is 2. The van der Waals surface area contributed by atoms with E-state index in [0.29, 0.717) is 28.6 Å². The fourth-order valence-electron chi connectivity index (χ4n) is 4.03. The summed E-state index contributed by atoms with van der Waals surface area (Å²) in [7, 11) is 0. The molecule has 164 valence electrons. The number of rotatable bonds is 6. The minimum Gasteiger partial charge on any atom is -0.454 e. The van der Waals surface area contributed by atoms with Gasteiger partial charge in [-0.3, -0.25) is 9.36 Å². The summed E-state index contributed by atoms with van der Waals surface area (Å²) in [6.07, 6.45) is 0.884. The lowest BCUT2D eigenvalue weighted by molar-refractivity contribution is 0.174. The molecule has 3 aromatic carbocycles. The highest BCUT2D eigenvalue weighted by atomic mass is 32.2. The molecule has 3 heterocycles. The maximum atomic E-state index is 13.6. The van der Waals surface area contributed by atoms with E-state index in [2.05, 4.69) is 12.1 Å².